The summed E-state index contributed by atoms with van der Waals surface area (Å²) in [6.45, 7) is 4.51. The summed E-state index contributed by atoms with van der Waals surface area (Å²) in [7, 11) is -4.36. The van der Waals surface area contributed by atoms with Crippen molar-refractivity contribution < 1.29 is 22.9 Å². The third kappa shape index (κ3) is 39.3. The second-order valence-corrected chi connectivity index (χ2v) is 16.1. The van der Waals surface area contributed by atoms with Gasteiger partial charge in [0.15, 0.2) is 0 Å². The Kier molecular flexibility index (Phi) is 36.8. The highest BCUT2D eigenvalue weighted by molar-refractivity contribution is 7.85. The molecule has 0 aliphatic carbocycles. The Morgan fingerprint density at radius 2 is 0.843 bits per heavy atom. The predicted octanol–water partition coefficient (Wildman–Crippen LogP) is 12.7. The molecule has 2 unspecified atom stereocenters. The van der Waals surface area contributed by atoms with Crippen LogP contribution in [0.25, 0.3) is 0 Å². The van der Waals surface area contributed by atoms with Gasteiger partial charge in [-0.25, -0.2) is 0 Å². The topological polar surface area (TPSA) is 104 Å². The molecule has 0 bridgehead atoms. The lowest BCUT2D eigenvalue weighted by molar-refractivity contribution is -0.122. The first-order valence-corrected chi connectivity index (χ1v) is 22.9. The molecule has 0 saturated heterocycles. The summed E-state index contributed by atoms with van der Waals surface area (Å²) in [6.07, 6.45) is 51.0. The van der Waals surface area contributed by atoms with Gasteiger partial charge in [0, 0.05) is 6.42 Å². The van der Waals surface area contributed by atoms with Crippen molar-refractivity contribution in [1.82, 2.24) is 5.32 Å². The third-order valence-corrected chi connectivity index (χ3v) is 10.2. The number of amides is 1. The van der Waals surface area contributed by atoms with E-state index in [1.165, 1.54) is 141 Å². The molecule has 0 aliphatic heterocycles. The first-order valence-electron chi connectivity index (χ1n) is 21.3. The lowest BCUT2D eigenvalue weighted by Crippen LogP contribution is -2.46. The number of unbranched alkanes of at least 4 members (excludes halogenated alkanes) is 24. The van der Waals surface area contributed by atoms with Crippen LogP contribution < -0.4 is 5.32 Å². The number of carbonyl (C=O) groups excluding carboxylic acids is 1. The molecule has 7 heteroatoms. The Morgan fingerprint density at radius 3 is 1.24 bits per heavy atom. The molecule has 0 aliphatic rings. The van der Waals surface area contributed by atoms with E-state index in [0.717, 1.165) is 44.9 Å². The zero-order chi connectivity index (χ0) is 37.5. The fourth-order valence-corrected chi connectivity index (χ4v) is 6.97. The van der Waals surface area contributed by atoms with Crippen molar-refractivity contribution in [2.24, 2.45) is 0 Å². The highest BCUT2D eigenvalue weighted by Crippen LogP contribution is 2.14. The van der Waals surface area contributed by atoms with Gasteiger partial charge in [-0.3, -0.25) is 9.35 Å². The van der Waals surface area contributed by atoms with Crippen LogP contribution in [0.5, 0.6) is 0 Å². The van der Waals surface area contributed by atoms with Crippen molar-refractivity contribution in [3.05, 3.63) is 48.6 Å². The summed E-state index contributed by atoms with van der Waals surface area (Å²) < 4.78 is 32.5. The van der Waals surface area contributed by atoms with Crippen LogP contribution in [0.4, 0.5) is 0 Å². The van der Waals surface area contributed by atoms with Crippen LogP contribution >= 0.6 is 0 Å². The Morgan fingerprint density at radius 1 is 0.510 bits per heavy atom. The van der Waals surface area contributed by atoms with E-state index in [1.807, 2.05) is 0 Å². The number of aliphatic hydroxyl groups is 1. The molecule has 51 heavy (non-hydrogen) atoms. The Labute approximate surface area is 316 Å². The number of hydrogen-bond donors (Lipinski definition) is 3. The van der Waals surface area contributed by atoms with Gasteiger partial charge in [0.1, 0.15) is 0 Å². The number of rotatable bonds is 38. The molecule has 6 nitrogen and oxygen atoms in total. The van der Waals surface area contributed by atoms with E-state index in [2.05, 4.69) is 55.6 Å². The molecular weight excluding hydrogens is 655 g/mol. The van der Waals surface area contributed by atoms with Gasteiger partial charge < -0.3 is 10.4 Å². The Hall–Kier alpha value is -1.70. The molecular formula is C44H81NO5S. The standard InChI is InChI=1S/C44H81NO5S/c1-3-5-7-9-11-13-15-17-19-20-21-22-23-24-26-28-30-32-34-36-38-40-44(47)45-42(41-51(48,49)50)43(46)39-37-35-33-31-29-27-25-18-16-14-12-10-8-6-4-2/h16,18,20-21,29,31,37,39,42-43,46H,3-15,17,19,22-28,30,32-36,38,40-41H2,1-2H3,(H,45,47)(H,48,49,50)/b18-16+,21-20-,31-29+,39-37+. The SMILES string of the molecule is CCCCCCC/C=C/CC/C=C/CC/C=C/C(O)C(CS(=O)(=O)O)NC(=O)CCCCCCCCCCC/C=C\CCCCCCCCCC. The minimum absolute atomic E-state index is 0.282. The van der Waals surface area contributed by atoms with Crippen molar-refractivity contribution in [2.45, 2.75) is 219 Å². The molecule has 0 radical (unpaired) electrons. The van der Waals surface area contributed by atoms with Crippen molar-refractivity contribution in [3.8, 4) is 0 Å². The third-order valence-electron chi connectivity index (χ3n) is 9.46. The van der Waals surface area contributed by atoms with Gasteiger partial charge in [-0.05, 0) is 70.6 Å². The maximum atomic E-state index is 12.5. The molecule has 0 aromatic carbocycles. The van der Waals surface area contributed by atoms with E-state index < -0.39 is 28.0 Å². The summed E-state index contributed by atoms with van der Waals surface area (Å²) in [5.74, 6) is -1.01. The van der Waals surface area contributed by atoms with Crippen LogP contribution in [0.2, 0.25) is 0 Å². The van der Waals surface area contributed by atoms with Crippen LogP contribution in [0.1, 0.15) is 206 Å². The molecule has 0 aromatic heterocycles. The summed E-state index contributed by atoms with van der Waals surface area (Å²) in [5, 5.41) is 13.2. The van der Waals surface area contributed by atoms with Crippen LogP contribution in [0, 0.1) is 0 Å². The molecule has 298 valence electrons. The number of carbonyl (C=O) groups is 1. The van der Waals surface area contributed by atoms with Crippen LogP contribution in [-0.2, 0) is 14.9 Å². The van der Waals surface area contributed by atoms with E-state index in [1.54, 1.807) is 6.08 Å². The molecule has 1 amide bonds. The zero-order valence-corrected chi connectivity index (χ0v) is 34.0. The molecule has 0 fully saturated rings. The lowest BCUT2D eigenvalue weighted by Gasteiger charge is -2.21. The number of aliphatic hydroxyl groups excluding tert-OH is 1. The summed E-state index contributed by atoms with van der Waals surface area (Å²) in [5.41, 5.74) is 0. The lowest BCUT2D eigenvalue weighted by atomic mass is 10.0. The van der Waals surface area contributed by atoms with Gasteiger partial charge in [0.25, 0.3) is 10.1 Å². The number of allylic oxidation sites excluding steroid dienone is 7. The van der Waals surface area contributed by atoms with Gasteiger partial charge in [0.05, 0.1) is 17.9 Å². The minimum atomic E-state index is -4.36. The largest absolute Gasteiger partial charge is 0.387 e. The molecule has 0 saturated carbocycles. The average Bonchev–Trinajstić information content (AvgIpc) is 3.09. The van der Waals surface area contributed by atoms with Crippen molar-refractivity contribution in [1.29, 1.82) is 0 Å². The smallest absolute Gasteiger partial charge is 0.267 e. The normalized spacial score (nSPS) is 13.7. The molecule has 0 heterocycles. The fourth-order valence-electron chi connectivity index (χ4n) is 6.24. The highest BCUT2D eigenvalue weighted by Gasteiger charge is 2.24. The molecule has 0 spiro atoms. The molecule has 3 N–H and O–H groups in total. The second kappa shape index (κ2) is 38.0. The maximum Gasteiger partial charge on any atom is 0.267 e. The van der Waals surface area contributed by atoms with Crippen LogP contribution in [0.3, 0.4) is 0 Å². The van der Waals surface area contributed by atoms with Gasteiger partial charge in [-0.1, -0.05) is 178 Å². The van der Waals surface area contributed by atoms with Crippen molar-refractivity contribution in [2.75, 3.05) is 5.75 Å². The van der Waals surface area contributed by atoms with Crippen molar-refractivity contribution in [3.63, 3.8) is 0 Å². The Bertz CT molecular complexity index is 987. The molecule has 2 atom stereocenters. The molecule has 0 aromatic rings. The van der Waals surface area contributed by atoms with Gasteiger partial charge in [-0.15, -0.1) is 0 Å². The van der Waals surface area contributed by atoms with E-state index >= 15 is 0 Å². The van der Waals surface area contributed by atoms with E-state index in [9.17, 15) is 22.9 Å². The monoisotopic (exact) mass is 736 g/mol. The van der Waals surface area contributed by atoms with Gasteiger partial charge in [-0.2, -0.15) is 8.42 Å². The predicted molar refractivity (Wildman–Crippen MR) is 221 cm³/mol. The highest BCUT2D eigenvalue weighted by atomic mass is 32.2. The van der Waals surface area contributed by atoms with E-state index in [-0.39, 0.29) is 12.3 Å². The summed E-state index contributed by atoms with van der Waals surface area (Å²) >= 11 is 0. The van der Waals surface area contributed by atoms with E-state index in [0.29, 0.717) is 6.42 Å². The first-order chi connectivity index (χ1) is 24.8. The average molecular weight is 736 g/mol. The first kappa shape index (κ1) is 49.3. The zero-order valence-electron chi connectivity index (χ0n) is 33.2. The fraction of sp³-hybridized carbons (Fsp3) is 0.795. The minimum Gasteiger partial charge on any atom is -0.387 e. The maximum absolute atomic E-state index is 12.5. The van der Waals surface area contributed by atoms with Crippen LogP contribution in [0.15, 0.2) is 48.6 Å². The second-order valence-electron chi connectivity index (χ2n) is 14.6. The van der Waals surface area contributed by atoms with E-state index in [4.69, 9.17) is 0 Å². The Balaban J connectivity index is 3.93. The molecule has 0 rings (SSSR count). The van der Waals surface area contributed by atoms with Gasteiger partial charge in [0.2, 0.25) is 5.91 Å². The summed E-state index contributed by atoms with van der Waals surface area (Å²) in [6, 6.07) is -1.08. The summed E-state index contributed by atoms with van der Waals surface area (Å²) in [4.78, 5) is 12.5. The number of hydrogen-bond acceptors (Lipinski definition) is 4. The quantitative estimate of drug-likeness (QED) is 0.0333. The van der Waals surface area contributed by atoms with Crippen LogP contribution in [-0.4, -0.2) is 41.9 Å². The van der Waals surface area contributed by atoms with Gasteiger partial charge >= 0.3 is 0 Å². The number of nitrogens with one attached hydrogen (secondary N) is 1. The van der Waals surface area contributed by atoms with Crippen molar-refractivity contribution >= 4 is 16.0 Å².